The molecule has 222 valence electrons. The quantitative estimate of drug-likeness (QED) is 0.316. The Morgan fingerprint density at radius 2 is 1.91 bits per heavy atom. The fraction of sp³-hybridized carbons (Fsp3) is 0.226. The minimum atomic E-state index is -0.528. The van der Waals surface area contributed by atoms with Crippen molar-refractivity contribution < 1.29 is 23.5 Å². The molecule has 8 bridgehead atoms. The van der Waals surface area contributed by atoms with Gasteiger partial charge in [0.05, 0.1) is 19.1 Å². The summed E-state index contributed by atoms with van der Waals surface area (Å²) in [6.45, 7) is 1.19. The number of carbonyl (C=O) groups excluding carboxylic acids is 2. The molecule has 8 rings (SSSR count). The van der Waals surface area contributed by atoms with Crippen LogP contribution in [0, 0.1) is 5.82 Å². The summed E-state index contributed by atoms with van der Waals surface area (Å²) in [6, 6.07) is 17.1. The Hall–Kier alpha value is -5.59. The normalized spacial score (nSPS) is 16.6. The van der Waals surface area contributed by atoms with Crippen molar-refractivity contribution in [3.63, 3.8) is 0 Å². The first kappa shape index (κ1) is 27.3. The van der Waals surface area contributed by atoms with Gasteiger partial charge in [-0.15, -0.1) is 15.3 Å². The number of fused-ring (bicyclic) bond motifs is 7. The number of aromatic nitrogens is 6. The number of ether oxygens (including phenoxy) is 2. The van der Waals surface area contributed by atoms with E-state index in [2.05, 4.69) is 30.7 Å². The Morgan fingerprint density at radius 3 is 2.80 bits per heavy atom. The molecule has 12 nitrogen and oxygen atoms in total. The summed E-state index contributed by atoms with van der Waals surface area (Å²) in [5.74, 6) is 0.435. The van der Waals surface area contributed by atoms with Crippen LogP contribution >= 0.6 is 0 Å². The topological polar surface area (TPSA) is 140 Å². The number of rotatable bonds is 2. The van der Waals surface area contributed by atoms with Crippen LogP contribution in [0.5, 0.6) is 17.2 Å². The van der Waals surface area contributed by atoms with Gasteiger partial charge in [0, 0.05) is 13.1 Å². The number of aromatic amines is 1. The lowest BCUT2D eigenvalue weighted by molar-refractivity contribution is -0.120. The third kappa shape index (κ3) is 5.46. The molecule has 0 saturated heterocycles. The number of hydrogen-bond acceptors (Lipinski definition) is 8. The highest BCUT2D eigenvalue weighted by molar-refractivity contribution is 5.91. The Morgan fingerprint density at radius 1 is 1.02 bits per heavy atom. The number of carbonyl (C=O) groups is 2. The summed E-state index contributed by atoms with van der Waals surface area (Å²) in [7, 11) is 0. The van der Waals surface area contributed by atoms with Gasteiger partial charge in [-0.05, 0) is 71.5 Å². The van der Waals surface area contributed by atoms with Crippen LogP contribution in [0.25, 0.3) is 5.95 Å². The molecule has 3 aliphatic rings. The second kappa shape index (κ2) is 11.6. The Balaban J connectivity index is 1.27. The van der Waals surface area contributed by atoms with Gasteiger partial charge in [-0.3, -0.25) is 19.3 Å². The fourth-order valence-corrected chi connectivity index (χ4v) is 5.52. The van der Waals surface area contributed by atoms with E-state index < -0.39 is 11.9 Å². The summed E-state index contributed by atoms with van der Waals surface area (Å²) >= 11 is 0. The maximum absolute atomic E-state index is 14.8. The number of hydrogen-bond donors (Lipinski definition) is 2. The lowest BCUT2D eigenvalue weighted by Crippen LogP contribution is -2.41. The van der Waals surface area contributed by atoms with Crippen molar-refractivity contribution in [2.75, 3.05) is 19.7 Å². The molecule has 0 radical (unpaired) electrons. The maximum atomic E-state index is 14.8. The third-order valence-corrected chi connectivity index (χ3v) is 7.60. The molecule has 0 fully saturated rings. The molecule has 3 aromatic carbocycles. The van der Waals surface area contributed by atoms with Crippen molar-refractivity contribution in [2.24, 2.45) is 0 Å². The molecule has 1 unspecified atom stereocenters. The highest BCUT2D eigenvalue weighted by Crippen LogP contribution is 2.39. The molecule has 3 aliphatic heterocycles. The summed E-state index contributed by atoms with van der Waals surface area (Å²) in [6.07, 6.45) is 4.11. The number of benzene rings is 3. The summed E-state index contributed by atoms with van der Waals surface area (Å²) in [5, 5.41) is 17.3. The van der Waals surface area contributed by atoms with Crippen LogP contribution in [0.2, 0.25) is 0 Å². The van der Waals surface area contributed by atoms with E-state index >= 15 is 0 Å². The summed E-state index contributed by atoms with van der Waals surface area (Å²) < 4.78 is 28.3. The molecule has 0 aliphatic carbocycles. The van der Waals surface area contributed by atoms with Crippen LogP contribution in [-0.2, 0) is 17.6 Å². The molecule has 0 saturated carbocycles. The van der Waals surface area contributed by atoms with Crippen molar-refractivity contribution in [3.05, 3.63) is 107 Å². The average Bonchev–Trinajstić information content (AvgIpc) is 3.74. The van der Waals surface area contributed by atoms with Crippen molar-refractivity contribution in [2.45, 2.75) is 25.3 Å². The van der Waals surface area contributed by atoms with E-state index in [0.29, 0.717) is 49.6 Å². The molecule has 13 heteroatoms. The van der Waals surface area contributed by atoms with Crippen LogP contribution in [0.1, 0.15) is 45.3 Å². The third-order valence-electron chi connectivity index (χ3n) is 7.60. The highest BCUT2D eigenvalue weighted by Gasteiger charge is 2.34. The van der Waals surface area contributed by atoms with Crippen LogP contribution in [-0.4, -0.2) is 66.4 Å². The Kier molecular flexibility index (Phi) is 7.18. The summed E-state index contributed by atoms with van der Waals surface area (Å²) in [5.41, 5.74) is 3.33. The molecule has 5 heterocycles. The largest absolute Gasteiger partial charge is 0.494 e. The number of nitrogens with zero attached hydrogens (tertiary/aromatic N) is 6. The Bertz CT molecular complexity index is 1840. The van der Waals surface area contributed by atoms with E-state index in [9.17, 15) is 14.0 Å². The predicted octanol–water partition coefficient (Wildman–Crippen LogP) is 3.55. The van der Waals surface area contributed by atoms with E-state index in [-0.39, 0.29) is 35.8 Å². The SMILES string of the molecule is O=C1Cc2ccc(F)c(c2)Oc2ccc3c(c2)CCN(C(=O)c2nc(-n4cnnc4)n[nH]2)C3c2cccc(c2)OCCCN1. The van der Waals surface area contributed by atoms with Crippen LogP contribution in [0.3, 0.4) is 0 Å². The van der Waals surface area contributed by atoms with Crippen LogP contribution < -0.4 is 14.8 Å². The molecule has 5 aromatic rings. The first-order valence-electron chi connectivity index (χ1n) is 14.2. The van der Waals surface area contributed by atoms with Crippen molar-refractivity contribution >= 4 is 11.8 Å². The smallest absolute Gasteiger partial charge is 0.292 e. The van der Waals surface area contributed by atoms with Gasteiger partial charge < -0.3 is 19.7 Å². The van der Waals surface area contributed by atoms with E-state index in [1.165, 1.54) is 23.3 Å². The average molecular weight is 595 g/mol. The molecule has 1 atom stereocenters. The zero-order chi connectivity index (χ0) is 30.0. The van der Waals surface area contributed by atoms with Gasteiger partial charge in [0.25, 0.3) is 11.9 Å². The lowest BCUT2D eigenvalue weighted by atomic mass is 9.87. The fourth-order valence-electron chi connectivity index (χ4n) is 5.52. The molecular formula is C31H27FN8O4. The van der Waals surface area contributed by atoms with Crippen LogP contribution in [0.15, 0.2) is 73.3 Å². The maximum Gasteiger partial charge on any atom is 0.292 e. The van der Waals surface area contributed by atoms with Gasteiger partial charge in [0.1, 0.15) is 24.2 Å². The van der Waals surface area contributed by atoms with Gasteiger partial charge in [0.2, 0.25) is 11.7 Å². The number of nitrogens with one attached hydrogen (secondary N) is 2. The van der Waals surface area contributed by atoms with Crippen molar-refractivity contribution in [1.82, 2.24) is 40.2 Å². The summed E-state index contributed by atoms with van der Waals surface area (Å²) in [4.78, 5) is 32.6. The molecule has 2 amide bonds. The first-order chi connectivity index (χ1) is 21.5. The van der Waals surface area contributed by atoms with Gasteiger partial charge in [-0.2, -0.15) is 4.98 Å². The van der Waals surface area contributed by atoms with Gasteiger partial charge in [-0.25, -0.2) is 4.39 Å². The minimum absolute atomic E-state index is 0.0349. The molecular weight excluding hydrogens is 567 g/mol. The Labute approximate surface area is 250 Å². The van der Waals surface area contributed by atoms with Gasteiger partial charge in [-0.1, -0.05) is 24.3 Å². The number of amides is 2. The van der Waals surface area contributed by atoms with Crippen molar-refractivity contribution in [1.29, 1.82) is 0 Å². The molecule has 44 heavy (non-hydrogen) atoms. The monoisotopic (exact) mass is 594 g/mol. The van der Waals surface area contributed by atoms with Gasteiger partial charge in [0.15, 0.2) is 11.6 Å². The van der Waals surface area contributed by atoms with Gasteiger partial charge >= 0.3 is 0 Å². The predicted molar refractivity (Wildman–Crippen MR) is 154 cm³/mol. The number of halogens is 1. The highest BCUT2D eigenvalue weighted by atomic mass is 19.1. The van der Waals surface area contributed by atoms with E-state index in [4.69, 9.17) is 9.47 Å². The second-order valence-electron chi connectivity index (χ2n) is 10.5. The molecule has 0 spiro atoms. The van der Waals surface area contributed by atoms with E-state index in [0.717, 1.165) is 16.7 Å². The number of H-pyrrole nitrogens is 1. The molecule has 2 N–H and O–H groups in total. The minimum Gasteiger partial charge on any atom is -0.494 e. The zero-order valence-corrected chi connectivity index (χ0v) is 23.4. The second-order valence-corrected chi connectivity index (χ2v) is 10.5. The standard InChI is InChI=1S/C31H27FN8O4/c32-25-8-5-19-13-26(25)44-23-6-7-24-20(15-23)9-11-40(30(42)29-36-31(38-37-29)39-17-34-35-18-39)28(24)21-3-1-4-22(16-21)43-12-2-10-33-27(41)14-19/h1,3-8,13,15-18,28H,2,9-12,14H2,(H,33,41)(H,36,37,38). The zero-order valence-electron chi connectivity index (χ0n) is 23.4. The first-order valence-corrected chi connectivity index (χ1v) is 14.2. The van der Waals surface area contributed by atoms with Crippen LogP contribution in [0.4, 0.5) is 4.39 Å². The lowest BCUT2D eigenvalue weighted by Gasteiger charge is -2.37. The molecule has 2 aromatic heterocycles. The van der Waals surface area contributed by atoms with E-state index in [1.54, 1.807) is 23.1 Å². The van der Waals surface area contributed by atoms with E-state index in [1.807, 2.05) is 36.4 Å². The van der Waals surface area contributed by atoms with Crippen molar-refractivity contribution in [3.8, 4) is 23.2 Å².